The number of rotatable bonds is 4. The van der Waals surface area contributed by atoms with Crippen LogP contribution in [0.25, 0.3) is 0 Å². The van der Waals surface area contributed by atoms with Gasteiger partial charge < -0.3 is 14.7 Å². The smallest absolute Gasteiger partial charge is 0.120 e. The SMILES string of the molecule is c1coc(CNCc2ncc[nH]2)c1. The maximum Gasteiger partial charge on any atom is 0.120 e. The van der Waals surface area contributed by atoms with Gasteiger partial charge in [0.15, 0.2) is 0 Å². The first kappa shape index (κ1) is 8.07. The van der Waals surface area contributed by atoms with Crippen molar-refractivity contribution < 1.29 is 4.42 Å². The van der Waals surface area contributed by atoms with Crippen LogP contribution in [-0.2, 0) is 13.1 Å². The third-order valence-electron chi connectivity index (χ3n) is 1.73. The zero-order valence-corrected chi connectivity index (χ0v) is 7.16. The molecule has 68 valence electrons. The number of nitrogens with zero attached hydrogens (tertiary/aromatic N) is 1. The molecule has 4 heteroatoms. The fourth-order valence-corrected chi connectivity index (χ4v) is 1.11. The Morgan fingerprint density at radius 3 is 3.15 bits per heavy atom. The van der Waals surface area contributed by atoms with E-state index in [4.69, 9.17) is 4.42 Å². The predicted molar refractivity (Wildman–Crippen MR) is 47.8 cm³/mol. The largest absolute Gasteiger partial charge is 0.468 e. The van der Waals surface area contributed by atoms with Crippen molar-refractivity contribution in [1.29, 1.82) is 0 Å². The molecular weight excluding hydrogens is 166 g/mol. The zero-order chi connectivity index (χ0) is 8.93. The summed E-state index contributed by atoms with van der Waals surface area (Å²) in [5.41, 5.74) is 0. The molecule has 0 saturated heterocycles. The van der Waals surface area contributed by atoms with Crippen LogP contribution in [0.1, 0.15) is 11.6 Å². The number of hydrogen-bond donors (Lipinski definition) is 2. The molecule has 2 aromatic rings. The first-order chi connectivity index (χ1) is 6.45. The molecule has 0 aromatic carbocycles. The molecule has 13 heavy (non-hydrogen) atoms. The van der Waals surface area contributed by atoms with Crippen LogP contribution < -0.4 is 5.32 Å². The van der Waals surface area contributed by atoms with Crippen molar-refractivity contribution >= 4 is 0 Å². The average molecular weight is 177 g/mol. The molecule has 0 fully saturated rings. The van der Waals surface area contributed by atoms with Crippen LogP contribution in [0, 0.1) is 0 Å². The van der Waals surface area contributed by atoms with Crippen LogP contribution in [0.4, 0.5) is 0 Å². The van der Waals surface area contributed by atoms with Crippen molar-refractivity contribution in [2.24, 2.45) is 0 Å². The molecule has 0 spiro atoms. The normalized spacial score (nSPS) is 10.5. The molecule has 2 heterocycles. The van der Waals surface area contributed by atoms with Gasteiger partial charge in [-0.05, 0) is 12.1 Å². The van der Waals surface area contributed by atoms with Crippen LogP contribution in [-0.4, -0.2) is 9.97 Å². The lowest BCUT2D eigenvalue weighted by Gasteiger charge is -1.98. The minimum atomic E-state index is 0.730. The number of aromatic amines is 1. The molecule has 0 aliphatic carbocycles. The quantitative estimate of drug-likeness (QED) is 0.740. The van der Waals surface area contributed by atoms with Gasteiger partial charge in [0.2, 0.25) is 0 Å². The highest BCUT2D eigenvalue weighted by atomic mass is 16.3. The van der Waals surface area contributed by atoms with Gasteiger partial charge in [0.1, 0.15) is 11.6 Å². The van der Waals surface area contributed by atoms with Crippen LogP contribution >= 0.6 is 0 Å². The van der Waals surface area contributed by atoms with Crippen molar-refractivity contribution in [2.45, 2.75) is 13.1 Å². The van der Waals surface area contributed by atoms with Crippen LogP contribution in [0.2, 0.25) is 0 Å². The van der Waals surface area contributed by atoms with Gasteiger partial charge in [-0.3, -0.25) is 0 Å². The van der Waals surface area contributed by atoms with E-state index >= 15 is 0 Å². The summed E-state index contributed by atoms with van der Waals surface area (Å²) in [6.07, 6.45) is 5.22. The average Bonchev–Trinajstić information content (AvgIpc) is 2.75. The van der Waals surface area contributed by atoms with E-state index in [1.165, 1.54) is 0 Å². The molecule has 0 saturated carbocycles. The Morgan fingerprint density at radius 2 is 2.46 bits per heavy atom. The predicted octanol–water partition coefficient (Wildman–Crippen LogP) is 1.29. The minimum absolute atomic E-state index is 0.730. The Labute approximate surface area is 76.0 Å². The summed E-state index contributed by atoms with van der Waals surface area (Å²) in [6, 6.07) is 3.82. The van der Waals surface area contributed by atoms with Crippen LogP contribution in [0.3, 0.4) is 0 Å². The van der Waals surface area contributed by atoms with Crippen molar-refractivity contribution in [3.8, 4) is 0 Å². The summed E-state index contributed by atoms with van der Waals surface area (Å²) in [5, 5.41) is 3.20. The highest BCUT2D eigenvalue weighted by molar-refractivity contribution is 4.97. The molecule has 2 aromatic heterocycles. The third kappa shape index (κ3) is 2.19. The molecule has 2 N–H and O–H groups in total. The molecule has 0 unspecified atom stereocenters. The zero-order valence-electron chi connectivity index (χ0n) is 7.16. The van der Waals surface area contributed by atoms with Crippen molar-refractivity contribution in [3.63, 3.8) is 0 Å². The molecule has 2 rings (SSSR count). The summed E-state index contributed by atoms with van der Waals surface area (Å²) in [6.45, 7) is 1.46. The maximum absolute atomic E-state index is 5.16. The Morgan fingerprint density at radius 1 is 1.46 bits per heavy atom. The van der Waals surface area contributed by atoms with Gasteiger partial charge in [-0.1, -0.05) is 0 Å². The van der Waals surface area contributed by atoms with Crippen molar-refractivity contribution in [3.05, 3.63) is 42.4 Å². The first-order valence-electron chi connectivity index (χ1n) is 4.16. The molecular formula is C9H11N3O. The number of aromatic nitrogens is 2. The van der Waals surface area contributed by atoms with E-state index in [-0.39, 0.29) is 0 Å². The molecule has 0 aliphatic heterocycles. The van der Waals surface area contributed by atoms with Gasteiger partial charge in [-0.15, -0.1) is 0 Å². The highest BCUT2D eigenvalue weighted by Crippen LogP contribution is 1.98. The van der Waals surface area contributed by atoms with Gasteiger partial charge in [-0.2, -0.15) is 0 Å². The summed E-state index contributed by atoms with van der Waals surface area (Å²) in [4.78, 5) is 7.10. The Kier molecular flexibility index (Phi) is 2.43. The maximum atomic E-state index is 5.16. The van der Waals surface area contributed by atoms with E-state index in [2.05, 4.69) is 15.3 Å². The molecule has 0 atom stereocenters. The van der Waals surface area contributed by atoms with Gasteiger partial charge in [0.25, 0.3) is 0 Å². The fraction of sp³-hybridized carbons (Fsp3) is 0.222. The Balaban J connectivity index is 1.76. The van der Waals surface area contributed by atoms with E-state index in [1.54, 1.807) is 12.5 Å². The Hall–Kier alpha value is -1.55. The summed E-state index contributed by atoms with van der Waals surface area (Å²) >= 11 is 0. The summed E-state index contributed by atoms with van der Waals surface area (Å²) < 4.78 is 5.16. The molecule has 0 aliphatic rings. The lowest BCUT2D eigenvalue weighted by atomic mass is 10.4. The highest BCUT2D eigenvalue weighted by Gasteiger charge is 1.96. The topological polar surface area (TPSA) is 53.9 Å². The van der Waals surface area contributed by atoms with Crippen molar-refractivity contribution in [1.82, 2.24) is 15.3 Å². The van der Waals surface area contributed by atoms with E-state index < -0.39 is 0 Å². The number of H-pyrrole nitrogens is 1. The second kappa shape index (κ2) is 3.91. The fourth-order valence-electron chi connectivity index (χ4n) is 1.11. The van der Waals surface area contributed by atoms with Crippen LogP contribution in [0.15, 0.2) is 35.2 Å². The van der Waals surface area contributed by atoms with E-state index in [0.29, 0.717) is 0 Å². The lowest BCUT2D eigenvalue weighted by molar-refractivity contribution is 0.481. The van der Waals surface area contributed by atoms with E-state index in [0.717, 1.165) is 24.7 Å². The standard InChI is InChI=1S/C9H11N3O/c1-2-8(13-5-1)6-10-7-9-11-3-4-12-9/h1-5,10H,6-7H2,(H,11,12). The number of nitrogens with one attached hydrogen (secondary N) is 2. The van der Waals surface area contributed by atoms with Gasteiger partial charge in [0, 0.05) is 12.4 Å². The van der Waals surface area contributed by atoms with E-state index in [1.807, 2.05) is 18.3 Å². The lowest BCUT2D eigenvalue weighted by Crippen LogP contribution is -2.12. The van der Waals surface area contributed by atoms with Gasteiger partial charge in [0.05, 0.1) is 19.4 Å². The van der Waals surface area contributed by atoms with Crippen molar-refractivity contribution in [2.75, 3.05) is 0 Å². The van der Waals surface area contributed by atoms with Gasteiger partial charge >= 0.3 is 0 Å². The van der Waals surface area contributed by atoms with Crippen LogP contribution in [0.5, 0.6) is 0 Å². The number of furan rings is 1. The second-order valence-corrected chi connectivity index (χ2v) is 2.72. The number of imidazole rings is 1. The summed E-state index contributed by atoms with van der Waals surface area (Å²) in [5.74, 6) is 1.87. The van der Waals surface area contributed by atoms with Gasteiger partial charge in [-0.25, -0.2) is 4.98 Å². The summed E-state index contributed by atoms with van der Waals surface area (Å²) in [7, 11) is 0. The monoisotopic (exact) mass is 177 g/mol. The molecule has 4 nitrogen and oxygen atoms in total. The Bertz CT molecular complexity index is 291. The molecule has 0 amide bonds. The second-order valence-electron chi connectivity index (χ2n) is 2.72. The molecule has 0 radical (unpaired) electrons. The number of hydrogen-bond acceptors (Lipinski definition) is 3. The first-order valence-corrected chi connectivity index (χ1v) is 4.16. The molecule has 0 bridgehead atoms. The minimum Gasteiger partial charge on any atom is -0.468 e. The third-order valence-corrected chi connectivity index (χ3v) is 1.73. The van der Waals surface area contributed by atoms with E-state index in [9.17, 15) is 0 Å².